The summed E-state index contributed by atoms with van der Waals surface area (Å²) in [7, 11) is 0. The third kappa shape index (κ3) is 12.2. The Morgan fingerprint density at radius 1 is 0.815 bits per heavy atom. The van der Waals surface area contributed by atoms with Crippen molar-refractivity contribution >= 4 is 11.9 Å². The van der Waals surface area contributed by atoms with Gasteiger partial charge >= 0.3 is 11.9 Å². The van der Waals surface area contributed by atoms with Gasteiger partial charge in [0.25, 0.3) is 0 Å². The van der Waals surface area contributed by atoms with Crippen LogP contribution in [0.25, 0.3) is 0 Å². The van der Waals surface area contributed by atoms with Crippen LogP contribution in [-0.4, -0.2) is 25.2 Å². The predicted molar refractivity (Wildman–Crippen MR) is 104 cm³/mol. The number of ether oxygens (including phenoxy) is 2. The second-order valence-corrected chi connectivity index (χ2v) is 6.76. The zero-order valence-electron chi connectivity index (χ0n) is 16.5. The maximum atomic E-state index is 13.4. The number of carbonyl (C=O) groups excluding carboxylic acids is 2. The Bertz CT molecular complexity index is 545. The highest BCUT2D eigenvalue weighted by atomic mass is 19.1. The van der Waals surface area contributed by atoms with Crippen molar-refractivity contribution in [3.63, 3.8) is 0 Å². The fraction of sp³-hybridized carbons (Fsp3) is 0.636. The molecule has 0 N–H and O–H groups in total. The fourth-order valence-electron chi connectivity index (χ4n) is 2.70. The molecule has 0 unspecified atom stereocenters. The van der Waals surface area contributed by atoms with E-state index in [9.17, 15) is 14.0 Å². The minimum absolute atomic E-state index is 0.0958. The van der Waals surface area contributed by atoms with Gasteiger partial charge in [-0.1, -0.05) is 57.2 Å². The lowest BCUT2D eigenvalue weighted by atomic mass is 10.1. The molecule has 0 bridgehead atoms. The summed E-state index contributed by atoms with van der Waals surface area (Å²) in [6.07, 6.45) is 9.03. The van der Waals surface area contributed by atoms with Gasteiger partial charge in [0, 0.05) is 19.3 Å². The normalized spacial score (nSPS) is 10.6. The molecule has 0 aliphatic heterocycles. The van der Waals surface area contributed by atoms with Crippen molar-refractivity contribution in [2.45, 2.75) is 77.6 Å². The largest absolute Gasteiger partial charge is 0.466 e. The molecule has 0 radical (unpaired) electrons. The quantitative estimate of drug-likeness (QED) is 0.303. The third-order valence-electron chi connectivity index (χ3n) is 4.37. The molecule has 0 saturated heterocycles. The highest BCUT2D eigenvalue weighted by Gasteiger charge is 2.05. The SMILES string of the molecule is CCCCOC(=O)CCCCCCCCC(=O)OCCc1ccccc1F. The Labute approximate surface area is 162 Å². The zero-order chi connectivity index (χ0) is 19.7. The Balaban J connectivity index is 1.91. The lowest BCUT2D eigenvalue weighted by molar-refractivity contribution is -0.144. The molecule has 0 heterocycles. The molecular weight excluding hydrogens is 347 g/mol. The summed E-state index contributed by atoms with van der Waals surface area (Å²) < 4.78 is 23.7. The molecule has 1 rings (SSSR count). The maximum Gasteiger partial charge on any atom is 0.305 e. The first kappa shape index (κ1) is 23.1. The van der Waals surface area contributed by atoms with Crippen LogP contribution in [0.2, 0.25) is 0 Å². The standard InChI is InChI=1S/C22H33FO4/c1-2-3-17-26-21(24)14-8-6-4-5-7-9-15-22(25)27-18-16-19-12-10-11-13-20(19)23/h10-13H,2-9,14-18H2,1H3. The Morgan fingerprint density at radius 3 is 1.96 bits per heavy atom. The molecule has 0 atom stereocenters. The van der Waals surface area contributed by atoms with Gasteiger partial charge in [-0.05, 0) is 30.9 Å². The second-order valence-electron chi connectivity index (χ2n) is 6.76. The number of benzene rings is 1. The number of halogens is 1. The molecule has 0 aliphatic carbocycles. The summed E-state index contributed by atoms with van der Waals surface area (Å²) in [5.74, 6) is -0.578. The van der Waals surface area contributed by atoms with E-state index in [2.05, 4.69) is 6.92 Å². The van der Waals surface area contributed by atoms with Crippen molar-refractivity contribution in [2.24, 2.45) is 0 Å². The first-order valence-corrected chi connectivity index (χ1v) is 10.2. The van der Waals surface area contributed by atoms with Gasteiger partial charge in [0.15, 0.2) is 0 Å². The van der Waals surface area contributed by atoms with Crippen LogP contribution in [-0.2, 0) is 25.5 Å². The van der Waals surface area contributed by atoms with Crippen LogP contribution in [0.3, 0.4) is 0 Å². The molecule has 0 fully saturated rings. The monoisotopic (exact) mass is 380 g/mol. The van der Waals surface area contributed by atoms with E-state index >= 15 is 0 Å². The van der Waals surface area contributed by atoms with Crippen LogP contribution in [0.1, 0.15) is 76.7 Å². The number of hydrogen-bond donors (Lipinski definition) is 0. The summed E-state index contributed by atoms with van der Waals surface area (Å²) in [5, 5.41) is 0. The number of hydrogen-bond acceptors (Lipinski definition) is 4. The molecular formula is C22H33FO4. The minimum atomic E-state index is -0.261. The van der Waals surface area contributed by atoms with E-state index in [1.807, 2.05) is 0 Å². The average Bonchev–Trinajstić information content (AvgIpc) is 2.65. The summed E-state index contributed by atoms with van der Waals surface area (Å²) in [6, 6.07) is 6.53. The van der Waals surface area contributed by atoms with Gasteiger partial charge in [0.1, 0.15) is 5.82 Å². The van der Waals surface area contributed by atoms with Gasteiger partial charge in [0.2, 0.25) is 0 Å². The molecule has 0 aliphatic rings. The average molecular weight is 381 g/mol. The zero-order valence-corrected chi connectivity index (χ0v) is 16.5. The molecule has 0 spiro atoms. The summed E-state index contributed by atoms with van der Waals surface area (Å²) in [5.41, 5.74) is 0.569. The van der Waals surface area contributed by atoms with Gasteiger partial charge in [0.05, 0.1) is 13.2 Å². The topological polar surface area (TPSA) is 52.6 Å². The van der Waals surface area contributed by atoms with E-state index in [0.29, 0.717) is 31.4 Å². The van der Waals surface area contributed by atoms with Gasteiger partial charge in [-0.15, -0.1) is 0 Å². The number of unbranched alkanes of at least 4 members (excludes halogenated alkanes) is 6. The molecule has 0 aromatic heterocycles. The van der Waals surface area contributed by atoms with E-state index in [1.165, 1.54) is 6.07 Å². The highest BCUT2D eigenvalue weighted by Crippen LogP contribution is 2.11. The fourth-order valence-corrected chi connectivity index (χ4v) is 2.70. The van der Waals surface area contributed by atoms with Crippen molar-refractivity contribution in [3.8, 4) is 0 Å². The first-order chi connectivity index (χ1) is 13.1. The van der Waals surface area contributed by atoms with Crippen LogP contribution < -0.4 is 0 Å². The van der Waals surface area contributed by atoms with E-state index in [-0.39, 0.29) is 24.4 Å². The van der Waals surface area contributed by atoms with Crippen LogP contribution >= 0.6 is 0 Å². The highest BCUT2D eigenvalue weighted by molar-refractivity contribution is 5.69. The Kier molecular flexibility index (Phi) is 13.0. The summed E-state index contributed by atoms with van der Waals surface area (Å²) in [4.78, 5) is 23.1. The molecule has 1 aromatic rings. The molecule has 4 nitrogen and oxygen atoms in total. The summed E-state index contributed by atoms with van der Waals surface area (Å²) in [6.45, 7) is 2.82. The van der Waals surface area contributed by atoms with Crippen LogP contribution in [0.15, 0.2) is 24.3 Å². The van der Waals surface area contributed by atoms with Crippen molar-refractivity contribution in [2.75, 3.05) is 13.2 Å². The van der Waals surface area contributed by atoms with Gasteiger partial charge in [-0.3, -0.25) is 9.59 Å². The minimum Gasteiger partial charge on any atom is -0.466 e. The molecule has 1 aromatic carbocycles. The van der Waals surface area contributed by atoms with Gasteiger partial charge in [-0.25, -0.2) is 4.39 Å². The predicted octanol–water partition coefficient (Wildman–Crippen LogP) is 5.38. The number of esters is 2. The Hall–Kier alpha value is -1.91. The molecule has 27 heavy (non-hydrogen) atoms. The van der Waals surface area contributed by atoms with Crippen molar-refractivity contribution in [1.82, 2.24) is 0 Å². The van der Waals surface area contributed by atoms with Crippen molar-refractivity contribution in [1.29, 1.82) is 0 Å². The lowest BCUT2D eigenvalue weighted by Gasteiger charge is -2.06. The third-order valence-corrected chi connectivity index (χ3v) is 4.37. The first-order valence-electron chi connectivity index (χ1n) is 10.2. The second kappa shape index (κ2) is 15.2. The number of rotatable bonds is 15. The van der Waals surface area contributed by atoms with Crippen molar-refractivity contribution < 1.29 is 23.5 Å². The van der Waals surface area contributed by atoms with Crippen LogP contribution in [0, 0.1) is 5.82 Å². The van der Waals surface area contributed by atoms with E-state index < -0.39 is 0 Å². The number of carbonyl (C=O) groups is 2. The lowest BCUT2D eigenvalue weighted by Crippen LogP contribution is -2.08. The smallest absolute Gasteiger partial charge is 0.305 e. The Morgan fingerprint density at radius 2 is 1.37 bits per heavy atom. The van der Waals surface area contributed by atoms with E-state index in [0.717, 1.165) is 51.4 Å². The van der Waals surface area contributed by atoms with Gasteiger partial charge in [-0.2, -0.15) is 0 Å². The van der Waals surface area contributed by atoms with Crippen molar-refractivity contribution in [3.05, 3.63) is 35.6 Å². The molecule has 0 saturated carbocycles. The van der Waals surface area contributed by atoms with Crippen LogP contribution in [0.4, 0.5) is 4.39 Å². The van der Waals surface area contributed by atoms with E-state index in [1.54, 1.807) is 18.2 Å². The molecule has 152 valence electrons. The summed E-state index contributed by atoms with van der Waals surface area (Å²) >= 11 is 0. The molecule has 5 heteroatoms. The van der Waals surface area contributed by atoms with Gasteiger partial charge < -0.3 is 9.47 Å². The van der Waals surface area contributed by atoms with Crippen LogP contribution in [0.5, 0.6) is 0 Å². The van der Waals surface area contributed by atoms with E-state index in [4.69, 9.17) is 9.47 Å². The maximum absolute atomic E-state index is 13.4. The molecule has 0 amide bonds.